The topological polar surface area (TPSA) is 9.23 Å². The van der Waals surface area contributed by atoms with E-state index in [1.54, 1.807) is 5.20 Å². The Hall–Kier alpha value is -0.0831. The first kappa shape index (κ1) is 19.0. The van der Waals surface area contributed by atoms with Crippen LogP contribution >= 0.6 is 0 Å². The molecular formula is C19H37OSi. The molecule has 0 saturated carbocycles. The third kappa shape index (κ3) is 10.3. The van der Waals surface area contributed by atoms with E-state index in [1.807, 2.05) is 0 Å². The zero-order chi connectivity index (χ0) is 15.2. The Morgan fingerprint density at radius 2 is 1.52 bits per heavy atom. The molecule has 0 aromatic carbocycles. The third-order valence-corrected chi connectivity index (χ3v) is 6.97. The minimum Gasteiger partial charge on any atom is -0.412 e. The highest BCUT2D eigenvalue weighted by Gasteiger charge is 2.18. The number of hydrogen-bond donors (Lipinski definition) is 0. The van der Waals surface area contributed by atoms with Crippen LogP contribution in [0.1, 0.15) is 97.3 Å². The van der Waals surface area contributed by atoms with Gasteiger partial charge in [0.15, 0.2) is 0 Å². The smallest absolute Gasteiger partial charge is 0.241 e. The van der Waals surface area contributed by atoms with Crippen molar-refractivity contribution in [1.82, 2.24) is 0 Å². The Morgan fingerprint density at radius 3 is 2.10 bits per heavy atom. The number of allylic oxidation sites excluding steroid dienone is 2. The van der Waals surface area contributed by atoms with Gasteiger partial charge in [-0.25, -0.2) is 0 Å². The maximum Gasteiger partial charge on any atom is 0.241 e. The highest BCUT2D eigenvalue weighted by Crippen LogP contribution is 2.18. The minimum absolute atomic E-state index is 0.577. The quantitative estimate of drug-likeness (QED) is 0.292. The molecule has 1 aliphatic heterocycles. The van der Waals surface area contributed by atoms with E-state index in [0.29, 0.717) is 0 Å². The first-order valence-electron chi connectivity index (χ1n) is 9.50. The minimum atomic E-state index is -0.577. The van der Waals surface area contributed by atoms with Gasteiger partial charge in [-0.1, -0.05) is 82.4 Å². The third-order valence-electron chi connectivity index (χ3n) is 4.52. The van der Waals surface area contributed by atoms with Crippen LogP contribution in [0.15, 0.2) is 11.3 Å². The van der Waals surface area contributed by atoms with Gasteiger partial charge in [0.05, 0.1) is 0 Å². The van der Waals surface area contributed by atoms with E-state index < -0.39 is 9.04 Å². The Morgan fingerprint density at radius 1 is 0.905 bits per heavy atom. The molecule has 1 rings (SSSR count). The highest BCUT2D eigenvalue weighted by atomic mass is 28.3. The molecule has 1 fully saturated rings. The molecule has 1 aliphatic rings. The summed E-state index contributed by atoms with van der Waals surface area (Å²) < 4.78 is 5.92. The van der Waals surface area contributed by atoms with Crippen LogP contribution in [0.4, 0.5) is 0 Å². The molecule has 0 bridgehead atoms. The molecule has 2 heteroatoms. The first-order chi connectivity index (χ1) is 10.3. The lowest BCUT2D eigenvalue weighted by molar-refractivity contribution is 0.292. The van der Waals surface area contributed by atoms with Gasteiger partial charge < -0.3 is 4.43 Å². The van der Waals surface area contributed by atoms with E-state index in [0.717, 1.165) is 6.61 Å². The summed E-state index contributed by atoms with van der Waals surface area (Å²) in [6.07, 6.45) is 20.7. The van der Waals surface area contributed by atoms with Crippen LogP contribution in [0.2, 0.25) is 6.04 Å². The molecule has 1 saturated heterocycles. The summed E-state index contributed by atoms with van der Waals surface area (Å²) in [6, 6.07) is 1.34. The standard InChI is InChI=1S/C19H37OSi/c1-3-4-5-6-7-8-9-10-11-12-13-16-19(2)21-18-15-14-17-20-21/h16H,3-15,17-18H2,1-2H3/b19-16+. The van der Waals surface area contributed by atoms with E-state index in [4.69, 9.17) is 4.43 Å². The molecule has 0 amide bonds. The van der Waals surface area contributed by atoms with Crippen molar-refractivity contribution < 1.29 is 4.43 Å². The summed E-state index contributed by atoms with van der Waals surface area (Å²) in [5, 5.41) is 1.58. The monoisotopic (exact) mass is 309 g/mol. The lowest BCUT2D eigenvalue weighted by atomic mass is 10.1. The van der Waals surface area contributed by atoms with Gasteiger partial charge in [0.2, 0.25) is 9.04 Å². The number of unbranched alkanes of at least 4 members (excludes halogenated alkanes) is 10. The molecular weight excluding hydrogens is 272 g/mol. The fraction of sp³-hybridized carbons (Fsp3) is 0.895. The van der Waals surface area contributed by atoms with E-state index >= 15 is 0 Å². The van der Waals surface area contributed by atoms with E-state index in [1.165, 1.54) is 89.5 Å². The van der Waals surface area contributed by atoms with Gasteiger partial charge in [-0.2, -0.15) is 0 Å². The molecule has 0 aromatic rings. The van der Waals surface area contributed by atoms with Gasteiger partial charge in [0.25, 0.3) is 0 Å². The molecule has 123 valence electrons. The zero-order valence-corrected chi connectivity index (χ0v) is 15.6. The molecule has 1 radical (unpaired) electrons. The fourth-order valence-corrected chi connectivity index (χ4v) is 5.13. The first-order valence-corrected chi connectivity index (χ1v) is 11.1. The SMILES string of the molecule is CCCCCCCCCCCC/C=C(\C)[Si]1CCCCO1. The predicted molar refractivity (Wildman–Crippen MR) is 96.0 cm³/mol. The van der Waals surface area contributed by atoms with Crippen molar-refractivity contribution >= 4 is 9.04 Å². The maximum atomic E-state index is 5.92. The van der Waals surface area contributed by atoms with Gasteiger partial charge in [-0.05, 0) is 32.2 Å². The maximum absolute atomic E-state index is 5.92. The van der Waals surface area contributed by atoms with Crippen molar-refractivity contribution in [2.45, 2.75) is 103 Å². The second-order valence-electron chi connectivity index (χ2n) is 6.59. The molecule has 0 aromatic heterocycles. The molecule has 0 aliphatic carbocycles. The van der Waals surface area contributed by atoms with Gasteiger partial charge in [-0.15, -0.1) is 0 Å². The van der Waals surface area contributed by atoms with Crippen LogP contribution in [0.3, 0.4) is 0 Å². The van der Waals surface area contributed by atoms with Crippen LogP contribution in [0.5, 0.6) is 0 Å². The van der Waals surface area contributed by atoms with Gasteiger partial charge in [0.1, 0.15) is 0 Å². The molecule has 0 unspecified atom stereocenters. The second-order valence-corrected chi connectivity index (χ2v) is 9.01. The van der Waals surface area contributed by atoms with Gasteiger partial charge >= 0.3 is 0 Å². The van der Waals surface area contributed by atoms with Crippen molar-refractivity contribution in [2.24, 2.45) is 0 Å². The Balaban J connectivity index is 1.87. The Bertz CT molecular complexity index is 256. The van der Waals surface area contributed by atoms with Crippen molar-refractivity contribution in [3.8, 4) is 0 Å². The predicted octanol–water partition coefficient (Wildman–Crippen LogP) is 6.58. The van der Waals surface area contributed by atoms with Crippen molar-refractivity contribution in [3.63, 3.8) is 0 Å². The molecule has 1 heterocycles. The van der Waals surface area contributed by atoms with E-state index in [9.17, 15) is 0 Å². The largest absolute Gasteiger partial charge is 0.412 e. The molecule has 1 nitrogen and oxygen atoms in total. The van der Waals surface area contributed by atoms with Crippen LogP contribution in [0, 0.1) is 0 Å². The average molecular weight is 310 g/mol. The molecule has 0 spiro atoms. The molecule has 0 atom stereocenters. The number of rotatable bonds is 12. The van der Waals surface area contributed by atoms with Gasteiger partial charge in [0, 0.05) is 6.61 Å². The van der Waals surface area contributed by atoms with Crippen molar-refractivity contribution in [1.29, 1.82) is 0 Å². The van der Waals surface area contributed by atoms with Crippen LogP contribution in [-0.2, 0) is 4.43 Å². The van der Waals surface area contributed by atoms with Crippen molar-refractivity contribution in [3.05, 3.63) is 11.3 Å². The van der Waals surface area contributed by atoms with Crippen LogP contribution in [0.25, 0.3) is 0 Å². The van der Waals surface area contributed by atoms with Crippen LogP contribution < -0.4 is 0 Å². The summed E-state index contributed by atoms with van der Waals surface area (Å²) in [6.45, 7) is 5.60. The summed E-state index contributed by atoms with van der Waals surface area (Å²) >= 11 is 0. The van der Waals surface area contributed by atoms with Crippen LogP contribution in [-0.4, -0.2) is 15.6 Å². The lowest BCUT2D eigenvalue weighted by Gasteiger charge is -2.20. The molecule has 0 N–H and O–H groups in total. The number of hydrogen-bond acceptors (Lipinski definition) is 1. The molecule has 21 heavy (non-hydrogen) atoms. The lowest BCUT2D eigenvalue weighted by Crippen LogP contribution is -2.24. The fourth-order valence-electron chi connectivity index (χ4n) is 3.03. The summed E-state index contributed by atoms with van der Waals surface area (Å²) in [7, 11) is -0.577. The second kappa shape index (κ2) is 13.6. The van der Waals surface area contributed by atoms with E-state index in [-0.39, 0.29) is 0 Å². The summed E-state index contributed by atoms with van der Waals surface area (Å²) in [5.41, 5.74) is 0. The van der Waals surface area contributed by atoms with Crippen molar-refractivity contribution in [2.75, 3.05) is 6.61 Å². The summed E-state index contributed by atoms with van der Waals surface area (Å²) in [4.78, 5) is 0. The summed E-state index contributed by atoms with van der Waals surface area (Å²) in [5.74, 6) is 0. The Kier molecular flexibility index (Phi) is 12.3. The van der Waals surface area contributed by atoms with Gasteiger partial charge in [-0.3, -0.25) is 0 Å². The zero-order valence-electron chi connectivity index (χ0n) is 14.6. The highest BCUT2D eigenvalue weighted by molar-refractivity contribution is 6.60. The van der Waals surface area contributed by atoms with E-state index in [2.05, 4.69) is 19.9 Å². The normalized spacial score (nSPS) is 17.3. The average Bonchev–Trinajstić information content (AvgIpc) is 2.53. The Labute approximate surface area is 135 Å².